The summed E-state index contributed by atoms with van der Waals surface area (Å²) in [6, 6.07) is 9.16. The number of terminal acetylenes is 1. The van der Waals surface area contributed by atoms with Crippen LogP contribution in [-0.2, 0) is 4.79 Å². The molecule has 0 radical (unpaired) electrons. The minimum atomic E-state index is -0.0591. The van der Waals surface area contributed by atoms with Crippen LogP contribution in [0.25, 0.3) is 0 Å². The van der Waals surface area contributed by atoms with Crippen LogP contribution < -0.4 is 9.80 Å². The zero-order valence-electron chi connectivity index (χ0n) is 15.7. The molecule has 0 bridgehead atoms. The molecule has 0 N–H and O–H groups in total. The van der Waals surface area contributed by atoms with Crippen molar-refractivity contribution in [3.8, 4) is 12.3 Å². The predicted molar refractivity (Wildman–Crippen MR) is 109 cm³/mol. The number of carbonyl (C=O) groups excluding carboxylic acids is 1. The number of piperidine rings is 1. The van der Waals surface area contributed by atoms with Gasteiger partial charge in [0.15, 0.2) is 0 Å². The molecule has 1 aromatic heterocycles. The summed E-state index contributed by atoms with van der Waals surface area (Å²) in [5.41, 5.74) is 2.69. The van der Waals surface area contributed by atoms with Crippen molar-refractivity contribution in [1.82, 2.24) is 9.97 Å². The standard InChI is InChI=1S/C21H23ClN4O/c1-4-11-26(19-7-5-18(22)6-8-19)20(27)17-9-12-25(13-10-17)21-23-15(2)14-16(3)24-21/h1,5-8,14,17H,9-13H2,2-3H3. The fourth-order valence-corrected chi connectivity index (χ4v) is 3.53. The summed E-state index contributed by atoms with van der Waals surface area (Å²) < 4.78 is 0. The lowest BCUT2D eigenvalue weighted by Crippen LogP contribution is -2.43. The van der Waals surface area contributed by atoms with Crippen LogP contribution in [0.3, 0.4) is 0 Å². The molecule has 5 nitrogen and oxygen atoms in total. The van der Waals surface area contributed by atoms with Gasteiger partial charge in [0.1, 0.15) is 0 Å². The maximum Gasteiger partial charge on any atom is 0.231 e. The topological polar surface area (TPSA) is 49.3 Å². The minimum Gasteiger partial charge on any atom is -0.341 e. The van der Waals surface area contributed by atoms with Gasteiger partial charge in [0, 0.05) is 41.1 Å². The smallest absolute Gasteiger partial charge is 0.231 e. The highest BCUT2D eigenvalue weighted by Crippen LogP contribution is 2.26. The summed E-state index contributed by atoms with van der Waals surface area (Å²) in [7, 11) is 0. The quantitative estimate of drug-likeness (QED) is 0.757. The van der Waals surface area contributed by atoms with Crippen molar-refractivity contribution in [3.63, 3.8) is 0 Å². The van der Waals surface area contributed by atoms with Crippen LogP contribution in [-0.4, -0.2) is 35.5 Å². The molecule has 0 atom stereocenters. The van der Waals surface area contributed by atoms with E-state index in [1.807, 2.05) is 32.0 Å². The molecule has 0 aliphatic carbocycles. The molecule has 2 aromatic rings. The van der Waals surface area contributed by atoms with E-state index in [2.05, 4.69) is 20.8 Å². The Bertz CT molecular complexity index is 831. The highest BCUT2D eigenvalue weighted by molar-refractivity contribution is 6.30. The Kier molecular flexibility index (Phi) is 5.98. The Labute approximate surface area is 165 Å². The first-order valence-corrected chi connectivity index (χ1v) is 9.43. The average molecular weight is 383 g/mol. The number of rotatable bonds is 4. The first-order valence-electron chi connectivity index (χ1n) is 9.05. The number of halogens is 1. The lowest BCUT2D eigenvalue weighted by atomic mass is 9.95. The van der Waals surface area contributed by atoms with Crippen LogP contribution in [0.4, 0.5) is 11.6 Å². The molecule has 1 amide bonds. The van der Waals surface area contributed by atoms with Crippen molar-refractivity contribution in [2.75, 3.05) is 29.4 Å². The van der Waals surface area contributed by atoms with Crippen molar-refractivity contribution < 1.29 is 4.79 Å². The van der Waals surface area contributed by atoms with Crippen molar-refractivity contribution in [2.24, 2.45) is 5.92 Å². The lowest BCUT2D eigenvalue weighted by molar-refractivity contribution is -0.122. The molecule has 1 aliphatic heterocycles. The van der Waals surface area contributed by atoms with Crippen molar-refractivity contribution in [2.45, 2.75) is 26.7 Å². The Morgan fingerprint density at radius 2 is 1.81 bits per heavy atom. The number of carbonyl (C=O) groups is 1. The van der Waals surface area contributed by atoms with E-state index in [0.29, 0.717) is 5.02 Å². The van der Waals surface area contributed by atoms with Gasteiger partial charge in [0.2, 0.25) is 11.9 Å². The predicted octanol–water partition coefficient (Wildman–Crippen LogP) is 3.63. The molecular formula is C21H23ClN4O. The molecule has 2 heterocycles. The molecule has 3 rings (SSSR count). The number of hydrogen-bond acceptors (Lipinski definition) is 4. The number of aromatic nitrogens is 2. The van der Waals surface area contributed by atoms with Crippen LogP contribution in [0.15, 0.2) is 30.3 Å². The van der Waals surface area contributed by atoms with E-state index in [1.54, 1.807) is 17.0 Å². The molecule has 1 saturated heterocycles. The second-order valence-corrected chi connectivity index (χ2v) is 7.25. The van der Waals surface area contributed by atoms with E-state index in [1.165, 1.54) is 0 Å². The van der Waals surface area contributed by atoms with Gasteiger partial charge in [-0.3, -0.25) is 4.79 Å². The van der Waals surface area contributed by atoms with Gasteiger partial charge in [0.25, 0.3) is 0 Å². The Morgan fingerprint density at radius 3 is 2.37 bits per heavy atom. The van der Waals surface area contributed by atoms with Crippen LogP contribution in [0.2, 0.25) is 5.02 Å². The molecule has 0 spiro atoms. The first kappa shape index (κ1) is 19.2. The summed E-state index contributed by atoms with van der Waals surface area (Å²) in [5, 5.41) is 0.633. The highest BCUT2D eigenvalue weighted by Gasteiger charge is 2.30. The largest absolute Gasteiger partial charge is 0.341 e. The van der Waals surface area contributed by atoms with Gasteiger partial charge in [-0.05, 0) is 57.0 Å². The second-order valence-electron chi connectivity index (χ2n) is 6.82. The van der Waals surface area contributed by atoms with E-state index >= 15 is 0 Å². The van der Waals surface area contributed by atoms with E-state index in [-0.39, 0.29) is 18.4 Å². The fraction of sp³-hybridized carbons (Fsp3) is 0.381. The SMILES string of the molecule is C#CCN(C(=O)C1CCN(c2nc(C)cc(C)n2)CC1)c1ccc(Cl)cc1. The summed E-state index contributed by atoms with van der Waals surface area (Å²) in [6.45, 7) is 5.70. The van der Waals surface area contributed by atoms with Crippen LogP contribution in [0.1, 0.15) is 24.2 Å². The Morgan fingerprint density at radius 1 is 1.22 bits per heavy atom. The second kappa shape index (κ2) is 8.41. The van der Waals surface area contributed by atoms with E-state index in [0.717, 1.165) is 49.0 Å². The number of aryl methyl sites for hydroxylation is 2. The maximum absolute atomic E-state index is 13.1. The fourth-order valence-electron chi connectivity index (χ4n) is 3.40. The first-order chi connectivity index (χ1) is 13.0. The van der Waals surface area contributed by atoms with Crippen molar-refractivity contribution in [1.29, 1.82) is 0 Å². The number of amides is 1. The maximum atomic E-state index is 13.1. The summed E-state index contributed by atoms with van der Waals surface area (Å²) in [4.78, 5) is 26.0. The third-order valence-corrected chi connectivity index (χ3v) is 5.00. The molecule has 6 heteroatoms. The van der Waals surface area contributed by atoms with Gasteiger partial charge in [-0.1, -0.05) is 17.5 Å². The van der Waals surface area contributed by atoms with Crippen LogP contribution >= 0.6 is 11.6 Å². The Balaban J connectivity index is 1.69. The van der Waals surface area contributed by atoms with Gasteiger partial charge in [-0.2, -0.15) is 0 Å². The van der Waals surface area contributed by atoms with E-state index in [9.17, 15) is 4.79 Å². The Hall–Kier alpha value is -2.58. The molecule has 1 aliphatic rings. The van der Waals surface area contributed by atoms with Crippen molar-refractivity contribution in [3.05, 3.63) is 46.7 Å². The molecule has 0 saturated carbocycles. The van der Waals surface area contributed by atoms with E-state index in [4.69, 9.17) is 18.0 Å². The van der Waals surface area contributed by atoms with Crippen LogP contribution in [0, 0.1) is 32.1 Å². The van der Waals surface area contributed by atoms with Crippen LogP contribution in [0.5, 0.6) is 0 Å². The van der Waals surface area contributed by atoms with Gasteiger partial charge in [-0.15, -0.1) is 6.42 Å². The van der Waals surface area contributed by atoms with Gasteiger partial charge < -0.3 is 9.80 Å². The number of nitrogens with zero attached hydrogens (tertiary/aromatic N) is 4. The highest BCUT2D eigenvalue weighted by atomic mass is 35.5. The summed E-state index contributed by atoms with van der Waals surface area (Å²) >= 11 is 5.96. The van der Waals surface area contributed by atoms with Gasteiger partial charge >= 0.3 is 0 Å². The molecule has 27 heavy (non-hydrogen) atoms. The molecule has 1 aromatic carbocycles. The number of hydrogen-bond donors (Lipinski definition) is 0. The summed E-state index contributed by atoms with van der Waals surface area (Å²) in [5.74, 6) is 3.34. The molecular weight excluding hydrogens is 360 g/mol. The normalized spacial score (nSPS) is 14.7. The monoisotopic (exact) mass is 382 g/mol. The molecule has 140 valence electrons. The number of benzene rings is 1. The average Bonchev–Trinajstić information content (AvgIpc) is 2.66. The molecule has 0 unspecified atom stereocenters. The minimum absolute atomic E-state index is 0.0591. The lowest BCUT2D eigenvalue weighted by Gasteiger charge is -2.34. The van der Waals surface area contributed by atoms with Gasteiger partial charge in [-0.25, -0.2) is 9.97 Å². The van der Waals surface area contributed by atoms with E-state index < -0.39 is 0 Å². The molecule has 1 fully saturated rings. The zero-order valence-corrected chi connectivity index (χ0v) is 16.4. The number of anilines is 2. The third-order valence-electron chi connectivity index (χ3n) is 4.75. The summed E-state index contributed by atoms with van der Waals surface area (Å²) in [6.07, 6.45) is 7.00. The van der Waals surface area contributed by atoms with Gasteiger partial charge in [0.05, 0.1) is 6.54 Å². The van der Waals surface area contributed by atoms with Crippen molar-refractivity contribution >= 4 is 29.1 Å². The zero-order chi connectivity index (χ0) is 19.4. The third kappa shape index (κ3) is 4.58.